The Morgan fingerprint density at radius 1 is 1.24 bits per heavy atom. The van der Waals surface area contributed by atoms with Crippen LogP contribution in [0.3, 0.4) is 0 Å². The largest absolute Gasteiger partial charge is 0.478 e. The molecule has 0 saturated heterocycles. The number of unbranched alkanes of at least 4 members (excludes halogenated alkanes) is 5. The van der Waals surface area contributed by atoms with Crippen LogP contribution in [-0.2, 0) is 0 Å². The van der Waals surface area contributed by atoms with E-state index in [1.807, 2.05) is 0 Å². The van der Waals surface area contributed by atoms with Crippen molar-refractivity contribution in [3.05, 3.63) is 23.8 Å². The van der Waals surface area contributed by atoms with Crippen LogP contribution >= 0.6 is 0 Å². The van der Waals surface area contributed by atoms with E-state index in [0.717, 1.165) is 12.8 Å². The molecule has 0 radical (unpaired) electrons. The first kappa shape index (κ1) is 15.4. The average Bonchev–Trinajstić information content (AvgIpc) is 2.88. The number of fused-ring (bicyclic) bond motifs is 1. The van der Waals surface area contributed by atoms with Crippen molar-refractivity contribution in [1.82, 2.24) is 4.98 Å². The number of hydrogen-bond donors (Lipinski definition) is 1. The predicted octanol–water partition coefficient (Wildman–Crippen LogP) is 4.27. The maximum Gasteiger partial charge on any atom is 0.394 e. The van der Waals surface area contributed by atoms with E-state index in [4.69, 9.17) is 14.3 Å². The fourth-order valence-electron chi connectivity index (χ4n) is 2.14. The Labute approximate surface area is 123 Å². The fraction of sp³-hybridized carbons (Fsp3) is 0.500. The molecule has 2 aromatic rings. The number of aromatic carboxylic acids is 1. The molecule has 1 N–H and O–H groups in total. The molecular formula is C16H21NO4. The van der Waals surface area contributed by atoms with Gasteiger partial charge in [0.25, 0.3) is 0 Å². The molecule has 0 aliphatic carbocycles. The average molecular weight is 291 g/mol. The molecule has 0 fully saturated rings. The first-order valence-corrected chi connectivity index (χ1v) is 7.47. The van der Waals surface area contributed by atoms with Crippen molar-refractivity contribution in [3.8, 4) is 6.08 Å². The zero-order valence-corrected chi connectivity index (χ0v) is 12.3. The summed E-state index contributed by atoms with van der Waals surface area (Å²) in [6.07, 6.45) is 7.37. The van der Waals surface area contributed by atoms with Gasteiger partial charge < -0.3 is 14.3 Å². The van der Waals surface area contributed by atoms with Gasteiger partial charge in [0.05, 0.1) is 12.2 Å². The van der Waals surface area contributed by atoms with Gasteiger partial charge in [0.2, 0.25) is 0 Å². The summed E-state index contributed by atoms with van der Waals surface area (Å²) in [5.74, 6) is -0.983. The standard InChI is InChI=1S/C16H21NO4/c1-2-3-4-5-6-7-10-20-16-17-13-9-8-12(15(18)19)11-14(13)21-16/h8-9,11H,2-7,10H2,1H3,(H,18,19). The third kappa shape index (κ3) is 4.48. The van der Waals surface area contributed by atoms with Gasteiger partial charge in [-0.3, -0.25) is 0 Å². The molecule has 1 heterocycles. The molecule has 0 amide bonds. The van der Waals surface area contributed by atoms with Gasteiger partial charge >= 0.3 is 12.0 Å². The van der Waals surface area contributed by atoms with Crippen molar-refractivity contribution in [2.45, 2.75) is 45.4 Å². The molecule has 0 saturated carbocycles. The Morgan fingerprint density at radius 3 is 2.76 bits per heavy atom. The molecule has 2 rings (SSSR count). The zero-order valence-electron chi connectivity index (χ0n) is 12.3. The van der Waals surface area contributed by atoms with E-state index in [1.54, 1.807) is 6.07 Å². The lowest BCUT2D eigenvalue weighted by atomic mass is 10.1. The van der Waals surface area contributed by atoms with Gasteiger partial charge in [-0.05, 0) is 24.6 Å². The number of benzene rings is 1. The number of carboxylic acid groups (broad SMARTS) is 1. The highest BCUT2D eigenvalue weighted by Crippen LogP contribution is 2.22. The van der Waals surface area contributed by atoms with Crippen LogP contribution in [0.4, 0.5) is 0 Å². The Kier molecular flexibility index (Phi) is 5.60. The van der Waals surface area contributed by atoms with E-state index in [1.165, 1.54) is 37.8 Å². The summed E-state index contributed by atoms with van der Waals surface area (Å²) in [7, 11) is 0. The zero-order chi connectivity index (χ0) is 15.1. The number of oxazole rings is 1. The fourth-order valence-corrected chi connectivity index (χ4v) is 2.14. The van der Waals surface area contributed by atoms with E-state index in [2.05, 4.69) is 11.9 Å². The van der Waals surface area contributed by atoms with Crippen molar-refractivity contribution in [1.29, 1.82) is 0 Å². The molecule has 0 atom stereocenters. The first-order valence-electron chi connectivity index (χ1n) is 7.47. The monoisotopic (exact) mass is 291 g/mol. The maximum atomic E-state index is 10.9. The van der Waals surface area contributed by atoms with Gasteiger partial charge in [0.1, 0.15) is 5.52 Å². The maximum absolute atomic E-state index is 10.9. The van der Waals surface area contributed by atoms with Crippen LogP contribution in [0, 0.1) is 0 Å². The quantitative estimate of drug-likeness (QED) is 0.699. The number of carboxylic acids is 1. The van der Waals surface area contributed by atoms with Gasteiger partial charge in [-0.25, -0.2) is 4.79 Å². The Bertz CT molecular complexity index is 591. The second-order valence-electron chi connectivity index (χ2n) is 5.08. The smallest absolute Gasteiger partial charge is 0.394 e. The number of nitrogens with zero attached hydrogens (tertiary/aromatic N) is 1. The van der Waals surface area contributed by atoms with E-state index < -0.39 is 5.97 Å². The molecular weight excluding hydrogens is 270 g/mol. The van der Waals surface area contributed by atoms with Crippen LogP contribution in [0.5, 0.6) is 6.08 Å². The van der Waals surface area contributed by atoms with E-state index in [0.29, 0.717) is 17.7 Å². The Balaban J connectivity index is 1.81. The van der Waals surface area contributed by atoms with Gasteiger partial charge in [0.15, 0.2) is 5.58 Å². The third-order valence-corrected chi connectivity index (χ3v) is 3.34. The highest BCUT2D eigenvalue weighted by molar-refractivity contribution is 5.91. The molecule has 0 spiro atoms. The summed E-state index contributed by atoms with van der Waals surface area (Å²) >= 11 is 0. The highest BCUT2D eigenvalue weighted by atomic mass is 16.6. The lowest BCUT2D eigenvalue weighted by Gasteiger charge is -2.01. The topological polar surface area (TPSA) is 72.6 Å². The number of rotatable bonds is 9. The summed E-state index contributed by atoms with van der Waals surface area (Å²) in [5.41, 5.74) is 1.23. The van der Waals surface area contributed by atoms with Crippen molar-refractivity contribution < 1.29 is 19.1 Å². The molecule has 0 bridgehead atoms. The van der Waals surface area contributed by atoms with Crippen molar-refractivity contribution >= 4 is 17.1 Å². The van der Waals surface area contributed by atoms with Crippen LogP contribution in [0.15, 0.2) is 22.6 Å². The molecule has 1 aromatic heterocycles. The SMILES string of the molecule is CCCCCCCCOc1nc2ccc(C(=O)O)cc2o1. The summed E-state index contributed by atoms with van der Waals surface area (Å²) in [6, 6.07) is 4.59. The Hall–Kier alpha value is -2.04. The lowest BCUT2D eigenvalue weighted by Crippen LogP contribution is -1.97. The third-order valence-electron chi connectivity index (χ3n) is 3.34. The first-order chi connectivity index (χ1) is 10.2. The van der Waals surface area contributed by atoms with Crippen LogP contribution in [0.2, 0.25) is 0 Å². The molecule has 5 nitrogen and oxygen atoms in total. The normalized spacial score (nSPS) is 10.9. The van der Waals surface area contributed by atoms with Gasteiger partial charge in [-0.2, -0.15) is 4.98 Å². The number of aromatic nitrogens is 1. The van der Waals surface area contributed by atoms with E-state index in [9.17, 15) is 4.79 Å². The summed E-state index contributed by atoms with van der Waals surface area (Å²) < 4.78 is 10.9. The lowest BCUT2D eigenvalue weighted by molar-refractivity contribution is 0.0697. The predicted molar refractivity (Wildman–Crippen MR) is 79.8 cm³/mol. The van der Waals surface area contributed by atoms with E-state index in [-0.39, 0.29) is 11.6 Å². The van der Waals surface area contributed by atoms with Gasteiger partial charge in [-0.1, -0.05) is 39.0 Å². The molecule has 21 heavy (non-hydrogen) atoms. The summed E-state index contributed by atoms with van der Waals surface area (Å²) in [4.78, 5) is 15.1. The van der Waals surface area contributed by atoms with Gasteiger partial charge in [0, 0.05) is 0 Å². The van der Waals surface area contributed by atoms with Crippen molar-refractivity contribution in [2.24, 2.45) is 0 Å². The second kappa shape index (κ2) is 7.67. The minimum absolute atomic E-state index is 0.182. The molecule has 0 aliphatic rings. The Morgan fingerprint density at radius 2 is 2.00 bits per heavy atom. The van der Waals surface area contributed by atoms with Crippen molar-refractivity contribution in [2.75, 3.05) is 6.61 Å². The number of carbonyl (C=O) groups is 1. The molecule has 0 aliphatic heterocycles. The van der Waals surface area contributed by atoms with E-state index >= 15 is 0 Å². The molecule has 0 unspecified atom stereocenters. The summed E-state index contributed by atoms with van der Waals surface area (Å²) in [5, 5.41) is 8.92. The molecule has 114 valence electrons. The minimum Gasteiger partial charge on any atom is -0.478 e. The minimum atomic E-state index is -0.983. The van der Waals surface area contributed by atoms with Crippen LogP contribution in [0.1, 0.15) is 55.8 Å². The molecule has 5 heteroatoms. The molecule has 1 aromatic carbocycles. The van der Waals surface area contributed by atoms with Crippen LogP contribution < -0.4 is 4.74 Å². The number of hydrogen-bond acceptors (Lipinski definition) is 4. The second-order valence-corrected chi connectivity index (χ2v) is 5.08. The van der Waals surface area contributed by atoms with Gasteiger partial charge in [-0.15, -0.1) is 0 Å². The van der Waals surface area contributed by atoms with Crippen molar-refractivity contribution in [3.63, 3.8) is 0 Å². The van der Waals surface area contributed by atoms with Crippen LogP contribution in [-0.4, -0.2) is 22.7 Å². The summed E-state index contributed by atoms with van der Waals surface area (Å²) in [6.45, 7) is 2.77. The highest BCUT2D eigenvalue weighted by Gasteiger charge is 2.10. The number of ether oxygens (including phenoxy) is 1. The van der Waals surface area contributed by atoms with Crippen LogP contribution in [0.25, 0.3) is 11.1 Å².